The fraction of sp³-hybridized carbons (Fsp3) is 0.269. The third kappa shape index (κ3) is 3.50. The second kappa shape index (κ2) is 7.34. The lowest BCUT2D eigenvalue weighted by atomic mass is 9.82. The Kier molecular flexibility index (Phi) is 4.92. The Morgan fingerprint density at radius 3 is 2.03 bits per heavy atom. The molecule has 0 radical (unpaired) electrons. The van der Waals surface area contributed by atoms with E-state index < -0.39 is 16.8 Å². The van der Waals surface area contributed by atoms with E-state index in [-0.39, 0.29) is 0 Å². The van der Waals surface area contributed by atoms with Gasteiger partial charge in [-0.2, -0.15) is 0 Å². The molecule has 2 aromatic carbocycles. The van der Waals surface area contributed by atoms with Gasteiger partial charge in [-0.15, -0.1) is 10.2 Å². The summed E-state index contributed by atoms with van der Waals surface area (Å²) in [5.41, 5.74) is 4.44. The van der Waals surface area contributed by atoms with Gasteiger partial charge in [0.2, 0.25) is 0 Å². The lowest BCUT2D eigenvalue weighted by Gasteiger charge is -2.24. The summed E-state index contributed by atoms with van der Waals surface area (Å²) in [5, 5.41) is 18.5. The van der Waals surface area contributed by atoms with Crippen molar-refractivity contribution in [1.82, 2.24) is 14.6 Å². The van der Waals surface area contributed by atoms with Gasteiger partial charge in [0.15, 0.2) is 5.65 Å². The normalized spacial score (nSPS) is 12.3. The minimum Gasteiger partial charge on any atom is -0.481 e. The number of aryl methyl sites for hydroxylation is 1. The maximum absolute atomic E-state index is 11.8. The van der Waals surface area contributed by atoms with Crippen LogP contribution in [0.1, 0.15) is 50.2 Å². The van der Waals surface area contributed by atoms with Crippen molar-refractivity contribution in [3.63, 3.8) is 0 Å². The second-order valence-corrected chi connectivity index (χ2v) is 9.14. The Hall–Kier alpha value is -3.47. The Balaban J connectivity index is 1.75. The van der Waals surface area contributed by atoms with Crippen molar-refractivity contribution < 1.29 is 9.90 Å². The summed E-state index contributed by atoms with van der Waals surface area (Å²) in [6.07, 6.45) is 1.90. The predicted octanol–water partition coefficient (Wildman–Crippen LogP) is 5.39. The van der Waals surface area contributed by atoms with Crippen LogP contribution in [0.15, 0.2) is 66.9 Å². The Morgan fingerprint density at radius 1 is 0.871 bits per heavy atom. The highest BCUT2D eigenvalue weighted by atomic mass is 16.4. The SMILES string of the molecule is Cc1ccc(-c2ccc(C(C)(C)c3nnc4c(C(C)(C)C(=O)O)cccn34)cc2)cc1. The van der Waals surface area contributed by atoms with E-state index in [1.165, 1.54) is 11.1 Å². The molecule has 0 amide bonds. The largest absolute Gasteiger partial charge is 0.481 e. The van der Waals surface area contributed by atoms with Crippen molar-refractivity contribution in [2.45, 2.75) is 45.4 Å². The lowest BCUT2D eigenvalue weighted by molar-refractivity contribution is -0.142. The van der Waals surface area contributed by atoms with Crippen molar-refractivity contribution >= 4 is 11.6 Å². The number of carboxylic acid groups (broad SMARTS) is 1. The van der Waals surface area contributed by atoms with Crippen LogP contribution in [-0.4, -0.2) is 25.7 Å². The third-order valence-electron chi connectivity index (χ3n) is 6.19. The van der Waals surface area contributed by atoms with Gasteiger partial charge in [0.25, 0.3) is 0 Å². The van der Waals surface area contributed by atoms with Gasteiger partial charge in [0, 0.05) is 11.8 Å². The van der Waals surface area contributed by atoms with E-state index in [1.807, 2.05) is 22.7 Å². The number of hydrogen-bond acceptors (Lipinski definition) is 3. The zero-order chi connectivity index (χ0) is 22.4. The van der Waals surface area contributed by atoms with Crippen molar-refractivity contribution in [1.29, 1.82) is 0 Å². The molecule has 2 heterocycles. The molecule has 0 spiro atoms. The fourth-order valence-electron chi connectivity index (χ4n) is 3.90. The molecule has 0 atom stereocenters. The van der Waals surface area contributed by atoms with Gasteiger partial charge in [-0.05, 0) is 57.4 Å². The molecule has 2 aromatic heterocycles. The minimum absolute atomic E-state index is 0.419. The second-order valence-electron chi connectivity index (χ2n) is 9.14. The van der Waals surface area contributed by atoms with E-state index >= 15 is 0 Å². The highest BCUT2D eigenvalue weighted by Crippen LogP contribution is 2.34. The molecule has 5 heteroatoms. The van der Waals surface area contributed by atoms with E-state index in [9.17, 15) is 9.90 Å². The summed E-state index contributed by atoms with van der Waals surface area (Å²) >= 11 is 0. The van der Waals surface area contributed by atoms with Crippen LogP contribution >= 0.6 is 0 Å². The molecular formula is C26H27N3O2. The molecule has 0 fully saturated rings. The topological polar surface area (TPSA) is 67.5 Å². The highest BCUT2D eigenvalue weighted by Gasteiger charge is 2.35. The maximum Gasteiger partial charge on any atom is 0.313 e. The first-order valence-electron chi connectivity index (χ1n) is 10.4. The minimum atomic E-state index is -1.06. The average Bonchev–Trinajstić information content (AvgIpc) is 3.19. The lowest BCUT2D eigenvalue weighted by Crippen LogP contribution is -2.29. The highest BCUT2D eigenvalue weighted by molar-refractivity contribution is 5.83. The summed E-state index contributed by atoms with van der Waals surface area (Å²) in [7, 11) is 0. The van der Waals surface area contributed by atoms with Crippen molar-refractivity contribution in [2.75, 3.05) is 0 Å². The number of aromatic nitrogens is 3. The zero-order valence-corrected chi connectivity index (χ0v) is 18.5. The quantitative estimate of drug-likeness (QED) is 0.476. The molecule has 0 bridgehead atoms. The average molecular weight is 414 g/mol. The van der Waals surface area contributed by atoms with E-state index in [2.05, 4.69) is 79.5 Å². The van der Waals surface area contributed by atoms with Gasteiger partial charge >= 0.3 is 5.97 Å². The monoisotopic (exact) mass is 413 g/mol. The molecule has 0 saturated heterocycles. The summed E-state index contributed by atoms with van der Waals surface area (Å²) in [6, 6.07) is 20.7. The van der Waals surface area contributed by atoms with E-state index in [0.29, 0.717) is 11.2 Å². The molecule has 4 rings (SSSR count). The number of carboxylic acids is 1. The van der Waals surface area contributed by atoms with E-state index in [4.69, 9.17) is 0 Å². The number of fused-ring (bicyclic) bond motifs is 1. The van der Waals surface area contributed by atoms with Gasteiger partial charge in [-0.25, -0.2) is 0 Å². The van der Waals surface area contributed by atoms with Crippen molar-refractivity contribution in [2.24, 2.45) is 0 Å². The van der Waals surface area contributed by atoms with Crippen LogP contribution in [0, 0.1) is 6.92 Å². The first-order valence-corrected chi connectivity index (χ1v) is 10.4. The third-order valence-corrected chi connectivity index (χ3v) is 6.19. The molecule has 158 valence electrons. The van der Waals surface area contributed by atoms with Crippen molar-refractivity contribution in [3.8, 4) is 11.1 Å². The molecule has 0 saturated carbocycles. The van der Waals surface area contributed by atoms with Crippen LogP contribution in [0.3, 0.4) is 0 Å². The smallest absolute Gasteiger partial charge is 0.313 e. The Morgan fingerprint density at radius 2 is 1.45 bits per heavy atom. The molecule has 5 nitrogen and oxygen atoms in total. The first-order chi connectivity index (χ1) is 14.6. The van der Waals surface area contributed by atoms with Crippen LogP contribution in [0.5, 0.6) is 0 Å². The van der Waals surface area contributed by atoms with Crippen LogP contribution in [0.2, 0.25) is 0 Å². The van der Waals surface area contributed by atoms with Gasteiger partial charge in [0.1, 0.15) is 5.82 Å². The zero-order valence-electron chi connectivity index (χ0n) is 18.5. The van der Waals surface area contributed by atoms with E-state index in [0.717, 1.165) is 17.0 Å². The van der Waals surface area contributed by atoms with Crippen LogP contribution < -0.4 is 0 Å². The molecule has 0 aliphatic carbocycles. The summed E-state index contributed by atoms with van der Waals surface area (Å²) in [4.78, 5) is 11.8. The number of rotatable bonds is 5. The number of hydrogen-bond donors (Lipinski definition) is 1. The summed E-state index contributed by atoms with van der Waals surface area (Å²) < 4.78 is 1.91. The van der Waals surface area contributed by atoms with Gasteiger partial charge in [0.05, 0.1) is 10.8 Å². The number of benzene rings is 2. The van der Waals surface area contributed by atoms with Gasteiger partial charge in [-0.3, -0.25) is 9.20 Å². The number of aliphatic carboxylic acids is 1. The number of nitrogens with zero attached hydrogens (tertiary/aromatic N) is 3. The fourth-order valence-corrected chi connectivity index (χ4v) is 3.90. The Bertz CT molecular complexity index is 1250. The van der Waals surface area contributed by atoms with Crippen LogP contribution in [0.4, 0.5) is 0 Å². The van der Waals surface area contributed by atoms with Gasteiger partial charge in [-0.1, -0.05) is 60.2 Å². The summed E-state index contributed by atoms with van der Waals surface area (Å²) in [6.45, 7) is 9.68. The predicted molar refractivity (Wildman–Crippen MR) is 122 cm³/mol. The maximum atomic E-state index is 11.8. The van der Waals surface area contributed by atoms with Gasteiger partial charge < -0.3 is 5.11 Å². The van der Waals surface area contributed by atoms with E-state index in [1.54, 1.807) is 13.8 Å². The summed E-state index contributed by atoms with van der Waals surface area (Å²) in [5.74, 6) is -0.121. The molecule has 31 heavy (non-hydrogen) atoms. The molecule has 0 aliphatic rings. The number of pyridine rings is 1. The molecule has 0 aliphatic heterocycles. The standard InChI is InChI=1S/C26H27N3O2/c1-17-8-10-18(11-9-17)19-12-14-20(15-13-19)25(2,3)23-28-27-22-21(7-6-16-29(22)23)26(4,5)24(30)31/h6-16H,1-5H3,(H,30,31). The molecule has 4 aromatic rings. The van der Waals surface area contributed by atoms with Crippen LogP contribution in [-0.2, 0) is 15.6 Å². The Labute approximate surface area is 182 Å². The molecular weight excluding hydrogens is 386 g/mol. The number of carbonyl (C=O) groups is 1. The molecule has 0 unspecified atom stereocenters. The first kappa shape index (κ1) is 20.8. The molecule has 1 N–H and O–H groups in total. The van der Waals surface area contributed by atoms with Crippen LogP contribution in [0.25, 0.3) is 16.8 Å². The van der Waals surface area contributed by atoms with Crippen molar-refractivity contribution in [3.05, 3.63) is 89.4 Å².